The van der Waals surface area contributed by atoms with Crippen LogP contribution in [0, 0.1) is 5.92 Å². The normalized spacial score (nSPS) is 12.3. The summed E-state index contributed by atoms with van der Waals surface area (Å²) in [4.78, 5) is 11.1. The van der Waals surface area contributed by atoms with Crippen molar-refractivity contribution in [2.75, 3.05) is 23.9 Å². The zero-order valence-electron chi connectivity index (χ0n) is 11.9. The Kier molecular flexibility index (Phi) is 5.85. The van der Waals surface area contributed by atoms with E-state index in [0.717, 1.165) is 31.0 Å². The molecule has 1 rings (SSSR count). The maximum absolute atomic E-state index is 5.45. The molecule has 0 aliphatic carbocycles. The number of hydrogen-bond donors (Lipinski definition) is 2. The first-order valence-electron chi connectivity index (χ1n) is 6.66. The molecule has 5 nitrogen and oxygen atoms in total. The van der Waals surface area contributed by atoms with E-state index in [1.165, 1.54) is 6.42 Å². The fraction of sp³-hybridized carbons (Fsp3) is 0.692. The fourth-order valence-corrected chi connectivity index (χ4v) is 1.78. The average Bonchev–Trinajstić information content (AvgIpc) is 2.38. The van der Waals surface area contributed by atoms with Crippen molar-refractivity contribution < 1.29 is 0 Å². The molecule has 0 aliphatic heterocycles. The number of nitrogens with one attached hydrogen (secondary N) is 1. The molecule has 5 heteroatoms. The van der Waals surface area contributed by atoms with Gasteiger partial charge < -0.3 is 10.3 Å². The van der Waals surface area contributed by atoms with Crippen LogP contribution in [0.3, 0.4) is 0 Å². The van der Waals surface area contributed by atoms with E-state index >= 15 is 0 Å². The number of nitrogens with two attached hydrogens (primary N) is 1. The van der Waals surface area contributed by atoms with E-state index in [0.29, 0.717) is 11.7 Å². The standard InChI is InChI=1S/C13H25N5/c1-5-7-11-15-12(17-14)8-13(16-11)18(4)9-10(3)6-2/h8,10H,5-7,9,14H2,1-4H3,(H,15,16,17). The third-order valence-electron chi connectivity index (χ3n) is 3.05. The molecule has 1 heterocycles. The first-order chi connectivity index (χ1) is 8.60. The largest absolute Gasteiger partial charge is 0.359 e. The van der Waals surface area contributed by atoms with E-state index in [1.807, 2.05) is 6.07 Å². The Balaban J connectivity index is 2.88. The number of nitrogen functional groups attached to an aromatic ring is 1. The molecular formula is C13H25N5. The van der Waals surface area contributed by atoms with Gasteiger partial charge in [-0.1, -0.05) is 27.2 Å². The monoisotopic (exact) mass is 251 g/mol. The van der Waals surface area contributed by atoms with Crippen molar-refractivity contribution in [1.29, 1.82) is 0 Å². The predicted molar refractivity (Wildman–Crippen MR) is 76.6 cm³/mol. The molecule has 18 heavy (non-hydrogen) atoms. The van der Waals surface area contributed by atoms with Crippen LogP contribution in [0.1, 0.15) is 39.4 Å². The van der Waals surface area contributed by atoms with Gasteiger partial charge in [-0.3, -0.25) is 0 Å². The maximum atomic E-state index is 5.45. The van der Waals surface area contributed by atoms with Crippen molar-refractivity contribution in [2.45, 2.75) is 40.0 Å². The van der Waals surface area contributed by atoms with Gasteiger partial charge in [0.25, 0.3) is 0 Å². The first-order valence-corrected chi connectivity index (χ1v) is 6.66. The fourth-order valence-electron chi connectivity index (χ4n) is 1.78. The second kappa shape index (κ2) is 7.16. The zero-order chi connectivity index (χ0) is 13.5. The minimum atomic E-state index is 0.647. The number of aromatic nitrogens is 2. The average molecular weight is 251 g/mol. The van der Waals surface area contributed by atoms with Crippen LogP contribution in [0.25, 0.3) is 0 Å². The van der Waals surface area contributed by atoms with E-state index in [4.69, 9.17) is 5.84 Å². The van der Waals surface area contributed by atoms with Gasteiger partial charge in [0.15, 0.2) is 0 Å². The molecule has 0 saturated heterocycles. The lowest BCUT2D eigenvalue weighted by Gasteiger charge is -2.22. The number of anilines is 2. The second-order valence-electron chi connectivity index (χ2n) is 4.82. The highest BCUT2D eigenvalue weighted by atomic mass is 15.3. The lowest BCUT2D eigenvalue weighted by Crippen LogP contribution is -2.25. The van der Waals surface area contributed by atoms with Gasteiger partial charge in [0.2, 0.25) is 0 Å². The van der Waals surface area contributed by atoms with Crippen molar-refractivity contribution >= 4 is 11.6 Å². The van der Waals surface area contributed by atoms with Gasteiger partial charge in [-0.25, -0.2) is 15.8 Å². The van der Waals surface area contributed by atoms with Crippen molar-refractivity contribution in [2.24, 2.45) is 11.8 Å². The smallest absolute Gasteiger partial charge is 0.145 e. The minimum absolute atomic E-state index is 0.647. The highest BCUT2D eigenvalue weighted by Crippen LogP contribution is 2.16. The van der Waals surface area contributed by atoms with Crippen LogP contribution in [-0.2, 0) is 6.42 Å². The summed E-state index contributed by atoms with van der Waals surface area (Å²) < 4.78 is 0. The molecule has 0 bridgehead atoms. The Morgan fingerprint density at radius 1 is 1.39 bits per heavy atom. The van der Waals surface area contributed by atoms with Crippen molar-refractivity contribution in [3.8, 4) is 0 Å². The van der Waals surface area contributed by atoms with Crippen LogP contribution < -0.4 is 16.2 Å². The predicted octanol–water partition coefficient (Wildman–Crippen LogP) is 2.20. The Labute approximate surface area is 110 Å². The molecule has 1 aromatic rings. The Bertz CT molecular complexity index is 366. The molecule has 0 fully saturated rings. The molecule has 1 atom stereocenters. The minimum Gasteiger partial charge on any atom is -0.359 e. The van der Waals surface area contributed by atoms with Gasteiger partial charge in [0.05, 0.1) is 0 Å². The van der Waals surface area contributed by atoms with Crippen molar-refractivity contribution in [1.82, 2.24) is 9.97 Å². The summed E-state index contributed by atoms with van der Waals surface area (Å²) in [5.74, 6) is 8.56. The first kappa shape index (κ1) is 14.7. The molecule has 0 spiro atoms. The van der Waals surface area contributed by atoms with Gasteiger partial charge in [0, 0.05) is 26.1 Å². The van der Waals surface area contributed by atoms with Gasteiger partial charge in [0.1, 0.15) is 17.5 Å². The summed E-state index contributed by atoms with van der Waals surface area (Å²) in [5.41, 5.74) is 2.61. The van der Waals surface area contributed by atoms with Gasteiger partial charge in [-0.05, 0) is 12.3 Å². The molecule has 0 radical (unpaired) electrons. The van der Waals surface area contributed by atoms with Gasteiger partial charge >= 0.3 is 0 Å². The lowest BCUT2D eigenvalue weighted by atomic mass is 10.1. The lowest BCUT2D eigenvalue weighted by molar-refractivity contribution is 0.557. The molecular weight excluding hydrogens is 226 g/mol. The molecule has 1 aromatic heterocycles. The number of hydrazine groups is 1. The number of rotatable bonds is 7. The van der Waals surface area contributed by atoms with Crippen LogP contribution in [0.4, 0.5) is 11.6 Å². The van der Waals surface area contributed by atoms with Crippen molar-refractivity contribution in [3.05, 3.63) is 11.9 Å². The third-order valence-corrected chi connectivity index (χ3v) is 3.05. The van der Waals surface area contributed by atoms with Crippen LogP contribution >= 0.6 is 0 Å². The van der Waals surface area contributed by atoms with Crippen molar-refractivity contribution in [3.63, 3.8) is 0 Å². The summed E-state index contributed by atoms with van der Waals surface area (Å²) in [7, 11) is 2.06. The Morgan fingerprint density at radius 2 is 2.11 bits per heavy atom. The number of hydrogen-bond acceptors (Lipinski definition) is 5. The van der Waals surface area contributed by atoms with Gasteiger partial charge in [-0.2, -0.15) is 0 Å². The third kappa shape index (κ3) is 4.14. The van der Waals surface area contributed by atoms with Gasteiger partial charge in [-0.15, -0.1) is 0 Å². The summed E-state index contributed by atoms with van der Waals surface area (Å²) in [6.45, 7) is 7.55. The Hall–Kier alpha value is -1.36. The summed E-state index contributed by atoms with van der Waals surface area (Å²) >= 11 is 0. The van der Waals surface area contributed by atoms with E-state index in [9.17, 15) is 0 Å². The molecule has 0 aromatic carbocycles. The summed E-state index contributed by atoms with van der Waals surface area (Å²) in [6.07, 6.45) is 3.07. The highest BCUT2D eigenvalue weighted by Gasteiger charge is 2.10. The van der Waals surface area contributed by atoms with E-state index in [1.54, 1.807) is 0 Å². The van der Waals surface area contributed by atoms with Crippen LogP contribution in [0.5, 0.6) is 0 Å². The second-order valence-corrected chi connectivity index (χ2v) is 4.82. The molecule has 3 N–H and O–H groups in total. The highest BCUT2D eigenvalue weighted by molar-refractivity contribution is 5.48. The maximum Gasteiger partial charge on any atom is 0.145 e. The number of nitrogens with zero attached hydrogens (tertiary/aromatic N) is 3. The zero-order valence-corrected chi connectivity index (χ0v) is 11.9. The van der Waals surface area contributed by atoms with Crippen LogP contribution in [-0.4, -0.2) is 23.6 Å². The van der Waals surface area contributed by atoms with E-state index in [-0.39, 0.29) is 0 Å². The number of aryl methyl sites for hydroxylation is 1. The topological polar surface area (TPSA) is 67.1 Å². The van der Waals surface area contributed by atoms with E-state index < -0.39 is 0 Å². The Morgan fingerprint density at radius 3 is 2.67 bits per heavy atom. The molecule has 102 valence electrons. The van der Waals surface area contributed by atoms with Crippen LogP contribution in [0.15, 0.2) is 6.07 Å². The summed E-state index contributed by atoms with van der Waals surface area (Å²) in [5, 5.41) is 0. The van der Waals surface area contributed by atoms with Crippen LogP contribution in [0.2, 0.25) is 0 Å². The quantitative estimate of drug-likeness (QED) is 0.574. The molecule has 0 saturated carbocycles. The van der Waals surface area contributed by atoms with E-state index in [2.05, 4.69) is 48.1 Å². The molecule has 0 amide bonds. The SMILES string of the molecule is CCCc1nc(NN)cc(N(C)CC(C)CC)n1. The molecule has 1 unspecified atom stereocenters. The molecule has 0 aliphatic rings. The summed E-state index contributed by atoms with van der Waals surface area (Å²) in [6, 6.07) is 1.89.